The van der Waals surface area contributed by atoms with E-state index in [-0.39, 0.29) is 6.03 Å². The third-order valence-corrected chi connectivity index (χ3v) is 3.73. The predicted molar refractivity (Wildman–Crippen MR) is 82.3 cm³/mol. The van der Waals surface area contributed by atoms with Crippen molar-refractivity contribution in [3.63, 3.8) is 0 Å². The highest BCUT2D eigenvalue weighted by Gasteiger charge is 2.14. The number of urea groups is 1. The number of hydrogen-bond acceptors (Lipinski definition) is 3. The number of nitrogens with zero attached hydrogens (tertiary/aromatic N) is 1. The van der Waals surface area contributed by atoms with Crippen LogP contribution in [0.1, 0.15) is 51.0 Å². The maximum atomic E-state index is 11.9. The predicted octanol–water partition coefficient (Wildman–Crippen LogP) is 3.00. The quantitative estimate of drug-likeness (QED) is 0.820. The van der Waals surface area contributed by atoms with Crippen LogP contribution in [0, 0.1) is 0 Å². The Morgan fingerprint density at radius 2 is 2.10 bits per heavy atom. The normalized spacial score (nSPS) is 16.0. The summed E-state index contributed by atoms with van der Waals surface area (Å²) in [6, 6.07) is 3.98. The maximum absolute atomic E-state index is 11.9. The molecule has 5 nitrogen and oxygen atoms in total. The fourth-order valence-corrected chi connectivity index (χ4v) is 2.63. The number of carbonyl (C=O) groups is 1. The first-order valence-corrected chi connectivity index (χ1v) is 7.90. The van der Waals surface area contributed by atoms with Crippen molar-refractivity contribution in [1.29, 1.82) is 0 Å². The standard InChI is InChI=1S/C16H25N3O2/c1-2-21-15-11-13(9-10-17-15)12-18-16(20)19-14-7-5-3-4-6-8-14/h9-11,14H,2-8,12H2,1H3,(H2,18,19,20). The molecule has 0 spiro atoms. The molecule has 1 aliphatic rings. The van der Waals surface area contributed by atoms with E-state index in [0.717, 1.165) is 18.4 Å². The summed E-state index contributed by atoms with van der Waals surface area (Å²) in [4.78, 5) is 16.0. The van der Waals surface area contributed by atoms with E-state index in [1.807, 2.05) is 19.1 Å². The SMILES string of the molecule is CCOc1cc(CNC(=O)NC2CCCCCC2)ccn1. The topological polar surface area (TPSA) is 63.2 Å². The van der Waals surface area contributed by atoms with E-state index in [9.17, 15) is 4.79 Å². The van der Waals surface area contributed by atoms with Crippen molar-refractivity contribution in [3.05, 3.63) is 23.9 Å². The highest BCUT2D eigenvalue weighted by molar-refractivity contribution is 5.74. The average molecular weight is 291 g/mol. The molecule has 1 aliphatic carbocycles. The van der Waals surface area contributed by atoms with Crippen LogP contribution in [-0.2, 0) is 6.54 Å². The summed E-state index contributed by atoms with van der Waals surface area (Å²) in [5.41, 5.74) is 0.990. The second kappa shape index (κ2) is 8.49. The molecule has 1 fully saturated rings. The largest absolute Gasteiger partial charge is 0.478 e. The van der Waals surface area contributed by atoms with Crippen LogP contribution in [0.4, 0.5) is 4.79 Å². The zero-order chi connectivity index (χ0) is 14.9. The molecule has 0 aliphatic heterocycles. The first-order chi connectivity index (χ1) is 10.3. The number of hydrogen-bond donors (Lipinski definition) is 2. The van der Waals surface area contributed by atoms with Gasteiger partial charge in [0.2, 0.25) is 5.88 Å². The lowest BCUT2D eigenvalue weighted by Gasteiger charge is -2.16. The molecular weight excluding hydrogens is 266 g/mol. The molecule has 2 rings (SSSR count). The van der Waals surface area contributed by atoms with Crippen molar-refractivity contribution in [2.75, 3.05) is 6.61 Å². The van der Waals surface area contributed by atoms with Gasteiger partial charge in [0, 0.05) is 24.8 Å². The number of rotatable bonds is 5. The summed E-state index contributed by atoms with van der Waals surface area (Å²) in [6.45, 7) is 3.00. The fraction of sp³-hybridized carbons (Fsp3) is 0.625. The van der Waals surface area contributed by atoms with Crippen molar-refractivity contribution >= 4 is 6.03 Å². The van der Waals surface area contributed by atoms with E-state index >= 15 is 0 Å². The van der Waals surface area contributed by atoms with Gasteiger partial charge in [-0.15, -0.1) is 0 Å². The van der Waals surface area contributed by atoms with Crippen LogP contribution < -0.4 is 15.4 Å². The van der Waals surface area contributed by atoms with Crippen molar-refractivity contribution in [1.82, 2.24) is 15.6 Å². The Morgan fingerprint density at radius 1 is 1.33 bits per heavy atom. The first kappa shape index (κ1) is 15.6. The first-order valence-electron chi connectivity index (χ1n) is 7.90. The van der Waals surface area contributed by atoms with E-state index < -0.39 is 0 Å². The second-order valence-corrected chi connectivity index (χ2v) is 5.45. The lowest BCUT2D eigenvalue weighted by atomic mass is 10.1. The van der Waals surface area contributed by atoms with Gasteiger partial charge in [0.25, 0.3) is 0 Å². The Bertz CT molecular complexity index is 443. The molecule has 2 amide bonds. The number of nitrogens with one attached hydrogen (secondary N) is 2. The Morgan fingerprint density at radius 3 is 2.81 bits per heavy atom. The van der Waals surface area contributed by atoms with Gasteiger partial charge in [0.1, 0.15) is 0 Å². The van der Waals surface area contributed by atoms with Gasteiger partial charge in [-0.1, -0.05) is 25.7 Å². The van der Waals surface area contributed by atoms with E-state index in [1.54, 1.807) is 6.20 Å². The van der Waals surface area contributed by atoms with Crippen LogP contribution >= 0.6 is 0 Å². The molecule has 21 heavy (non-hydrogen) atoms. The van der Waals surface area contributed by atoms with Gasteiger partial charge in [0.05, 0.1) is 6.61 Å². The third kappa shape index (κ3) is 5.61. The minimum absolute atomic E-state index is 0.0864. The molecule has 0 bridgehead atoms. The Kier molecular flexibility index (Phi) is 6.31. The lowest BCUT2D eigenvalue weighted by molar-refractivity contribution is 0.235. The number of amides is 2. The summed E-state index contributed by atoms with van der Waals surface area (Å²) in [7, 11) is 0. The van der Waals surface area contributed by atoms with Gasteiger partial charge < -0.3 is 15.4 Å². The molecule has 0 radical (unpaired) electrons. The van der Waals surface area contributed by atoms with E-state index in [2.05, 4.69) is 15.6 Å². The van der Waals surface area contributed by atoms with Crippen LogP contribution in [0.3, 0.4) is 0 Å². The molecular formula is C16H25N3O2. The maximum Gasteiger partial charge on any atom is 0.315 e. The smallest absolute Gasteiger partial charge is 0.315 e. The zero-order valence-corrected chi connectivity index (χ0v) is 12.7. The summed E-state index contributed by atoms with van der Waals surface area (Å²) >= 11 is 0. The number of aromatic nitrogens is 1. The number of pyridine rings is 1. The molecule has 0 atom stereocenters. The molecule has 116 valence electrons. The molecule has 2 N–H and O–H groups in total. The molecule has 0 aromatic carbocycles. The number of carbonyl (C=O) groups excluding carboxylic acids is 1. The molecule has 0 unspecified atom stereocenters. The molecule has 1 aromatic heterocycles. The summed E-state index contributed by atoms with van der Waals surface area (Å²) in [5.74, 6) is 0.598. The van der Waals surface area contributed by atoms with Gasteiger partial charge in [0.15, 0.2) is 0 Å². The van der Waals surface area contributed by atoms with Crippen molar-refractivity contribution < 1.29 is 9.53 Å². The summed E-state index contributed by atoms with van der Waals surface area (Å²) in [5, 5.41) is 5.97. The van der Waals surface area contributed by atoms with Crippen molar-refractivity contribution in [3.8, 4) is 5.88 Å². The molecule has 0 saturated heterocycles. The minimum atomic E-state index is -0.0864. The Labute approximate surface area is 126 Å². The Balaban J connectivity index is 1.76. The summed E-state index contributed by atoms with van der Waals surface area (Å²) < 4.78 is 5.35. The van der Waals surface area contributed by atoms with E-state index in [0.29, 0.717) is 25.1 Å². The number of ether oxygens (including phenoxy) is 1. The zero-order valence-electron chi connectivity index (χ0n) is 12.7. The summed E-state index contributed by atoms with van der Waals surface area (Å²) in [6.07, 6.45) is 8.90. The van der Waals surface area contributed by atoms with E-state index in [4.69, 9.17) is 4.74 Å². The van der Waals surface area contributed by atoms with Crippen LogP contribution in [0.2, 0.25) is 0 Å². The second-order valence-electron chi connectivity index (χ2n) is 5.45. The molecule has 5 heteroatoms. The fourth-order valence-electron chi connectivity index (χ4n) is 2.63. The van der Waals surface area contributed by atoms with Crippen LogP contribution in [-0.4, -0.2) is 23.7 Å². The third-order valence-electron chi connectivity index (χ3n) is 3.73. The molecule has 1 saturated carbocycles. The highest BCUT2D eigenvalue weighted by Crippen LogP contribution is 2.17. The van der Waals surface area contributed by atoms with Crippen LogP contribution in [0.25, 0.3) is 0 Å². The van der Waals surface area contributed by atoms with Gasteiger partial charge >= 0.3 is 6.03 Å². The monoisotopic (exact) mass is 291 g/mol. The van der Waals surface area contributed by atoms with Gasteiger partial charge in [-0.3, -0.25) is 0 Å². The Hall–Kier alpha value is -1.78. The average Bonchev–Trinajstić information content (AvgIpc) is 2.75. The van der Waals surface area contributed by atoms with Crippen molar-refractivity contribution in [2.24, 2.45) is 0 Å². The van der Waals surface area contributed by atoms with Gasteiger partial charge in [-0.05, 0) is 31.4 Å². The lowest BCUT2D eigenvalue weighted by Crippen LogP contribution is -2.41. The highest BCUT2D eigenvalue weighted by atomic mass is 16.5. The van der Waals surface area contributed by atoms with Crippen molar-refractivity contribution in [2.45, 2.75) is 58.0 Å². The molecule has 1 heterocycles. The van der Waals surface area contributed by atoms with Crippen LogP contribution in [0.15, 0.2) is 18.3 Å². The minimum Gasteiger partial charge on any atom is -0.478 e. The molecule has 1 aromatic rings. The van der Waals surface area contributed by atoms with E-state index in [1.165, 1.54) is 25.7 Å². The van der Waals surface area contributed by atoms with Gasteiger partial charge in [-0.2, -0.15) is 0 Å². The van der Waals surface area contributed by atoms with Crippen LogP contribution in [0.5, 0.6) is 5.88 Å². The van der Waals surface area contributed by atoms with Gasteiger partial charge in [-0.25, -0.2) is 9.78 Å².